The first-order valence-electron chi connectivity index (χ1n) is 12.7. The van der Waals surface area contributed by atoms with E-state index in [2.05, 4.69) is 144 Å². The van der Waals surface area contributed by atoms with Crippen LogP contribution in [0.25, 0.3) is 0 Å². The topological polar surface area (TPSA) is 0 Å². The molecule has 0 saturated carbocycles. The first-order valence-corrected chi connectivity index (χ1v) is 15.5. The summed E-state index contributed by atoms with van der Waals surface area (Å²) in [4.78, 5) is 0. The Morgan fingerprint density at radius 3 is 1.39 bits per heavy atom. The van der Waals surface area contributed by atoms with E-state index in [1.165, 1.54) is 49.7 Å². The number of benzene rings is 3. The van der Waals surface area contributed by atoms with Crippen molar-refractivity contribution < 1.29 is 57.7 Å². The zero-order chi connectivity index (χ0) is 25.9. The van der Waals surface area contributed by atoms with Gasteiger partial charge in [-0.3, -0.25) is 0 Å². The quantitative estimate of drug-likeness (QED) is 0.234. The second kappa shape index (κ2) is 12.6. The third-order valence-electron chi connectivity index (χ3n) is 9.17. The molecular formula is C33H39Cl3SiTi. The monoisotopic (exact) mass is 616 g/mol. The van der Waals surface area contributed by atoms with Gasteiger partial charge in [-0.2, -0.15) is 0 Å². The molecule has 38 heavy (non-hydrogen) atoms. The number of aryl methyl sites for hydroxylation is 4. The molecule has 0 heterocycles. The van der Waals surface area contributed by atoms with E-state index in [1.807, 2.05) is 0 Å². The van der Waals surface area contributed by atoms with Crippen molar-refractivity contribution in [2.45, 2.75) is 74.3 Å². The predicted octanol–water partition coefficient (Wildman–Crippen LogP) is -2.05. The van der Waals surface area contributed by atoms with E-state index in [0.29, 0.717) is 0 Å². The zero-order valence-electron chi connectivity index (χ0n) is 24.3. The average Bonchev–Trinajstić information content (AvgIpc) is 2.95. The van der Waals surface area contributed by atoms with E-state index in [9.17, 15) is 0 Å². The minimum Gasteiger partial charge on any atom is -1.00 e. The first kappa shape index (κ1) is 35.0. The molecule has 4 rings (SSSR count). The van der Waals surface area contributed by atoms with E-state index in [1.54, 1.807) is 19.8 Å². The molecule has 0 nitrogen and oxygen atoms in total. The number of hydrogen-bond donors (Lipinski definition) is 0. The van der Waals surface area contributed by atoms with E-state index in [-0.39, 0.29) is 42.3 Å². The minimum atomic E-state index is -2.66. The van der Waals surface area contributed by atoms with Gasteiger partial charge >= 0.3 is 227 Å². The van der Waals surface area contributed by atoms with E-state index < -0.39 is 8.07 Å². The molecule has 1 unspecified atom stereocenters. The van der Waals surface area contributed by atoms with Crippen molar-refractivity contribution in [3.05, 3.63) is 109 Å². The summed E-state index contributed by atoms with van der Waals surface area (Å²) in [6.45, 7) is 23.5. The summed E-state index contributed by atoms with van der Waals surface area (Å²) in [5.41, 5.74) is 12.9. The second-order valence-corrected chi connectivity index (χ2v) is 15.9. The van der Waals surface area contributed by atoms with Crippen LogP contribution in [-0.4, -0.2) is 8.07 Å². The van der Waals surface area contributed by atoms with Gasteiger partial charge in [0.2, 0.25) is 0 Å². The van der Waals surface area contributed by atoms with Gasteiger partial charge in [0.05, 0.1) is 0 Å². The molecular weight excluding hydrogens is 579 g/mol. The third kappa shape index (κ3) is 4.98. The normalized spacial score (nSPS) is 17.2. The summed E-state index contributed by atoms with van der Waals surface area (Å²) in [5, 5.41) is 4.57. The maximum atomic E-state index is 2.57. The largest absolute Gasteiger partial charge is 1.00 e. The molecule has 3 aromatic rings. The van der Waals surface area contributed by atoms with Crippen LogP contribution in [0.5, 0.6) is 0 Å². The molecule has 0 bridgehead atoms. The molecule has 5 heteroatoms. The van der Waals surface area contributed by atoms with Crippen LogP contribution in [0, 0.1) is 41.5 Å². The fourth-order valence-corrected chi connectivity index (χ4v) is 15.1. The Morgan fingerprint density at radius 2 is 1.03 bits per heavy atom. The Morgan fingerprint density at radius 1 is 0.605 bits per heavy atom. The van der Waals surface area contributed by atoms with Crippen molar-refractivity contribution in [3.63, 3.8) is 0 Å². The van der Waals surface area contributed by atoms with E-state index in [0.717, 1.165) is 0 Å². The van der Waals surface area contributed by atoms with Gasteiger partial charge in [0.15, 0.2) is 0 Å². The molecule has 0 N–H and O–H groups in total. The SMILES string of the molecule is CC1=C(C)C(C)([Si](c2cc(C)cc(C)c2)(c2cccc(C)c2C)c2cccc(C)c2C)[C]([Ti+3])=C1C.[Cl-].[Cl-].[Cl-]. The van der Waals surface area contributed by atoms with Crippen LogP contribution in [-0.2, 0) is 20.4 Å². The molecule has 0 fully saturated rings. The van der Waals surface area contributed by atoms with Gasteiger partial charge in [-0.15, -0.1) is 0 Å². The van der Waals surface area contributed by atoms with Crippen molar-refractivity contribution in [2.75, 3.05) is 0 Å². The van der Waals surface area contributed by atoms with Crippen LogP contribution in [0.1, 0.15) is 61.1 Å². The maximum Gasteiger partial charge on any atom is -1.00 e. The zero-order valence-corrected chi connectivity index (χ0v) is 29.2. The fourth-order valence-electron chi connectivity index (χ4n) is 6.66. The fraction of sp³-hybridized carbons (Fsp3) is 0.333. The summed E-state index contributed by atoms with van der Waals surface area (Å²) in [6.07, 6.45) is 0. The number of halogens is 3. The molecule has 0 spiro atoms. The summed E-state index contributed by atoms with van der Waals surface area (Å²) >= 11 is 2.41. The predicted molar refractivity (Wildman–Crippen MR) is 152 cm³/mol. The Kier molecular flexibility index (Phi) is 11.6. The molecule has 0 amide bonds. The molecule has 200 valence electrons. The number of hydrogen-bond acceptors (Lipinski definition) is 0. The van der Waals surface area contributed by atoms with Gasteiger partial charge in [0, 0.05) is 0 Å². The van der Waals surface area contributed by atoms with Gasteiger partial charge in [0.25, 0.3) is 0 Å². The van der Waals surface area contributed by atoms with Crippen molar-refractivity contribution in [3.8, 4) is 0 Å². The molecule has 1 aliphatic carbocycles. The maximum absolute atomic E-state index is 2.66. The molecule has 1 aliphatic rings. The van der Waals surface area contributed by atoms with Gasteiger partial charge < -0.3 is 37.2 Å². The number of allylic oxidation sites excluding steroid dienone is 4. The molecule has 0 saturated heterocycles. The molecule has 3 aromatic carbocycles. The summed E-state index contributed by atoms with van der Waals surface area (Å²) in [7, 11) is -2.66. The van der Waals surface area contributed by atoms with Crippen LogP contribution < -0.4 is 52.8 Å². The number of rotatable bonds is 4. The average molecular weight is 618 g/mol. The third-order valence-corrected chi connectivity index (χ3v) is 16.9. The van der Waals surface area contributed by atoms with Crippen LogP contribution >= 0.6 is 0 Å². The Labute approximate surface area is 262 Å². The van der Waals surface area contributed by atoms with Gasteiger partial charge in [-0.25, -0.2) is 0 Å². The van der Waals surface area contributed by atoms with Crippen LogP contribution in [0.4, 0.5) is 0 Å². The minimum absolute atomic E-state index is 0. The summed E-state index contributed by atoms with van der Waals surface area (Å²) in [5.74, 6) is 0. The molecule has 1 atom stereocenters. The van der Waals surface area contributed by atoms with Gasteiger partial charge in [-0.05, 0) is 0 Å². The van der Waals surface area contributed by atoms with Gasteiger partial charge in [0.1, 0.15) is 0 Å². The molecule has 0 radical (unpaired) electrons. The van der Waals surface area contributed by atoms with Crippen molar-refractivity contribution in [2.24, 2.45) is 0 Å². The summed E-state index contributed by atoms with van der Waals surface area (Å²) < 4.78 is 1.54. The molecule has 0 aromatic heterocycles. The first-order chi connectivity index (χ1) is 16.4. The Bertz CT molecular complexity index is 1320. The summed E-state index contributed by atoms with van der Waals surface area (Å²) in [6, 6.07) is 21.4. The van der Waals surface area contributed by atoms with E-state index in [4.69, 9.17) is 0 Å². The Hall–Kier alpha value is -1.06. The van der Waals surface area contributed by atoms with Crippen LogP contribution in [0.15, 0.2) is 75.2 Å². The molecule has 0 aliphatic heterocycles. The van der Waals surface area contributed by atoms with Crippen molar-refractivity contribution in [1.82, 2.24) is 0 Å². The smallest absolute Gasteiger partial charge is 1.00 e. The van der Waals surface area contributed by atoms with Crippen molar-refractivity contribution >= 4 is 23.6 Å². The Balaban J connectivity index is 0.00000241. The van der Waals surface area contributed by atoms with Crippen molar-refractivity contribution in [1.29, 1.82) is 0 Å². The standard InChI is InChI=1S/C33H39Si.3ClH.Ti/c1-21-17-22(2)19-30(18-21)34(31-15-11-13-23(3)27(31)7,32-16-12-14-24(4)28(32)8)33(10)20-25(5)26(6)29(33)9;;;;/h11-19H,1-10H3;3*1H;/q;;;;+3/p-3. The second-order valence-electron chi connectivity index (χ2n) is 11.0. The van der Waals surface area contributed by atoms with Crippen LogP contribution in [0.2, 0.25) is 5.04 Å². The van der Waals surface area contributed by atoms with Gasteiger partial charge in [-0.1, -0.05) is 0 Å². The van der Waals surface area contributed by atoms with E-state index >= 15 is 0 Å². The van der Waals surface area contributed by atoms with Crippen LogP contribution in [0.3, 0.4) is 0 Å².